The first-order valence-electron chi connectivity index (χ1n) is 7.43. The molecule has 3 nitrogen and oxygen atoms in total. The largest absolute Gasteiger partial charge is 0.268 e. The molecule has 2 aromatic carbocycles. The molecule has 3 aromatic rings. The van der Waals surface area contributed by atoms with Crippen LogP contribution in [0.15, 0.2) is 78.3 Å². The lowest BCUT2D eigenvalue weighted by molar-refractivity contribution is 0.589. The molecule has 0 radical (unpaired) electrons. The molecule has 118 valence electrons. The van der Waals surface area contributed by atoms with E-state index < -0.39 is 10.0 Å². The molecule has 0 N–H and O–H groups in total. The van der Waals surface area contributed by atoms with Crippen molar-refractivity contribution in [1.82, 2.24) is 3.97 Å². The zero-order valence-corrected chi connectivity index (χ0v) is 14.0. The fraction of sp³-hybridized carbons (Fsp3) is 0.158. The molecule has 1 aromatic heterocycles. The summed E-state index contributed by atoms with van der Waals surface area (Å²) in [6, 6.07) is 16.1. The van der Waals surface area contributed by atoms with Crippen molar-refractivity contribution < 1.29 is 8.42 Å². The van der Waals surface area contributed by atoms with Gasteiger partial charge in [-0.05, 0) is 29.8 Å². The normalized spacial score (nSPS) is 12.4. The van der Waals surface area contributed by atoms with Gasteiger partial charge < -0.3 is 0 Å². The number of hydrogen-bond acceptors (Lipinski definition) is 2. The minimum absolute atomic E-state index is 0.234. The second kappa shape index (κ2) is 5.39. The molecule has 4 heteroatoms. The molecular formula is C19H19NO2S. The Kier molecular flexibility index (Phi) is 3.65. The van der Waals surface area contributed by atoms with E-state index in [4.69, 9.17) is 0 Å². The molecule has 1 heterocycles. The standard InChI is InChI=1S/C19H19NO2S/c1-4-19(2,3)17-11-8-12-18-16(17)13-14-20(18)23(21,22)15-9-6-5-7-10-15/h4-14H,1H2,2-3H3. The lowest BCUT2D eigenvalue weighted by Crippen LogP contribution is -2.14. The van der Waals surface area contributed by atoms with Crippen molar-refractivity contribution in [3.8, 4) is 0 Å². The maximum atomic E-state index is 12.9. The molecule has 0 amide bonds. The van der Waals surface area contributed by atoms with Crippen molar-refractivity contribution in [2.75, 3.05) is 0 Å². The van der Waals surface area contributed by atoms with E-state index in [2.05, 4.69) is 20.4 Å². The van der Waals surface area contributed by atoms with E-state index in [0.29, 0.717) is 5.52 Å². The van der Waals surface area contributed by atoms with Crippen molar-refractivity contribution >= 4 is 20.9 Å². The van der Waals surface area contributed by atoms with E-state index in [1.807, 2.05) is 30.3 Å². The van der Waals surface area contributed by atoms with Gasteiger partial charge in [-0.25, -0.2) is 12.4 Å². The fourth-order valence-electron chi connectivity index (χ4n) is 2.73. The third-order valence-corrected chi connectivity index (χ3v) is 5.91. The van der Waals surface area contributed by atoms with Crippen LogP contribution in [0, 0.1) is 0 Å². The minimum Gasteiger partial charge on any atom is -0.241 e. The van der Waals surface area contributed by atoms with Gasteiger partial charge in [0.25, 0.3) is 10.0 Å². The van der Waals surface area contributed by atoms with Crippen LogP contribution in [0.5, 0.6) is 0 Å². The van der Waals surface area contributed by atoms with Gasteiger partial charge in [-0.3, -0.25) is 0 Å². The first-order chi connectivity index (χ1) is 10.9. The van der Waals surface area contributed by atoms with Gasteiger partial charge in [0.2, 0.25) is 0 Å². The van der Waals surface area contributed by atoms with Crippen LogP contribution in [0.1, 0.15) is 19.4 Å². The number of allylic oxidation sites excluding steroid dienone is 1. The van der Waals surface area contributed by atoms with Gasteiger partial charge in [0.15, 0.2) is 0 Å². The number of aromatic nitrogens is 1. The number of benzene rings is 2. The van der Waals surface area contributed by atoms with Gasteiger partial charge in [-0.2, -0.15) is 0 Å². The van der Waals surface area contributed by atoms with E-state index in [1.165, 1.54) is 3.97 Å². The van der Waals surface area contributed by atoms with Crippen molar-refractivity contribution in [3.05, 3.63) is 79.0 Å². The topological polar surface area (TPSA) is 39.1 Å². The second-order valence-electron chi connectivity index (χ2n) is 6.09. The highest BCUT2D eigenvalue weighted by Gasteiger charge is 2.23. The van der Waals surface area contributed by atoms with Crippen LogP contribution in [0.3, 0.4) is 0 Å². The summed E-state index contributed by atoms with van der Waals surface area (Å²) in [4.78, 5) is 0.283. The van der Waals surface area contributed by atoms with Gasteiger partial charge in [0, 0.05) is 17.0 Å². The molecule has 0 aliphatic carbocycles. The predicted molar refractivity (Wildman–Crippen MR) is 94.2 cm³/mol. The van der Waals surface area contributed by atoms with Crippen LogP contribution < -0.4 is 0 Å². The number of fused-ring (bicyclic) bond motifs is 1. The highest BCUT2D eigenvalue weighted by Crippen LogP contribution is 2.33. The van der Waals surface area contributed by atoms with Crippen molar-refractivity contribution in [2.24, 2.45) is 0 Å². The highest BCUT2D eigenvalue weighted by molar-refractivity contribution is 7.90. The van der Waals surface area contributed by atoms with E-state index in [9.17, 15) is 8.42 Å². The average molecular weight is 325 g/mol. The van der Waals surface area contributed by atoms with Crippen molar-refractivity contribution in [2.45, 2.75) is 24.2 Å². The Hall–Kier alpha value is -2.33. The molecular weight excluding hydrogens is 306 g/mol. The Labute approximate surface area is 136 Å². The summed E-state index contributed by atoms with van der Waals surface area (Å²) >= 11 is 0. The minimum atomic E-state index is -3.60. The second-order valence-corrected chi connectivity index (χ2v) is 7.91. The Balaban J connectivity index is 2.26. The maximum Gasteiger partial charge on any atom is 0.268 e. The first kappa shape index (κ1) is 15.6. The lowest BCUT2D eigenvalue weighted by Gasteiger charge is -2.21. The summed E-state index contributed by atoms with van der Waals surface area (Å²) in [6.07, 6.45) is 3.50. The zero-order chi connectivity index (χ0) is 16.7. The molecule has 0 spiro atoms. The van der Waals surface area contributed by atoms with E-state index in [-0.39, 0.29) is 10.3 Å². The molecule has 0 atom stereocenters. The Morgan fingerprint density at radius 2 is 1.70 bits per heavy atom. The third kappa shape index (κ3) is 2.49. The molecule has 3 rings (SSSR count). The fourth-order valence-corrected chi connectivity index (χ4v) is 4.10. The van der Waals surface area contributed by atoms with Crippen LogP contribution in [-0.2, 0) is 15.4 Å². The summed E-state index contributed by atoms with van der Waals surface area (Å²) in [5.41, 5.74) is 1.51. The molecule has 0 aliphatic rings. The molecule has 0 unspecified atom stereocenters. The summed E-state index contributed by atoms with van der Waals surface area (Å²) in [6.45, 7) is 8.03. The monoisotopic (exact) mass is 325 g/mol. The quantitative estimate of drug-likeness (QED) is 0.669. The number of nitrogens with zero attached hydrogens (tertiary/aromatic N) is 1. The molecule has 23 heavy (non-hydrogen) atoms. The van der Waals surface area contributed by atoms with E-state index in [0.717, 1.165) is 10.9 Å². The smallest absolute Gasteiger partial charge is 0.241 e. The van der Waals surface area contributed by atoms with E-state index >= 15 is 0 Å². The van der Waals surface area contributed by atoms with Crippen molar-refractivity contribution in [3.63, 3.8) is 0 Å². The zero-order valence-electron chi connectivity index (χ0n) is 13.2. The summed E-state index contributed by atoms with van der Waals surface area (Å²) in [5, 5.41) is 0.928. The van der Waals surface area contributed by atoms with Crippen molar-refractivity contribution in [1.29, 1.82) is 0 Å². The Bertz CT molecular complexity index is 967. The number of rotatable bonds is 4. The maximum absolute atomic E-state index is 12.9. The molecule has 0 saturated heterocycles. The van der Waals surface area contributed by atoms with Gasteiger partial charge >= 0.3 is 0 Å². The molecule has 0 bridgehead atoms. The van der Waals surface area contributed by atoms with Gasteiger partial charge in [0.1, 0.15) is 0 Å². The van der Waals surface area contributed by atoms with Crippen LogP contribution in [0.4, 0.5) is 0 Å². The van der Waals surface area contributed by atoms with Crippen LogP contribution >= 0.6 is 0 Å². The predicted octanol–water partition coefficient (Wildman–Crippen LogP) is 4.34. The van der Waals surface area contributed by atoms with Gasteiger partial charge in [0.05, 0.1) is 10.4 Å². The summed E-state index contributed by atoms with van der Waals surface area (Å²) in [5.74, 6) is 0. The van der Waals surface area contributed by atoms with Gasteiger partial charge in [-0.15, -0.1) is 6.58 Å². The van der Waals surface area contributed by atoms with Crippen LogP contribution in [0.25, 0.3) is 10.9 Å². The average Bonchev–Trinajstić information content (AvgIpc) is 3.00. The van der Waals surface area contributed by atoms with E-state index in [1.54, 1.807) is 36.5 Å². The highest BCUT2D eigenvalue weighted by atomic mass is 32.2. The van der Waals surface area contributed by atoms with Gasteiger partial charge in [-0.1, -0.05) is 50.3 Å². The molecule has 0 aliphatic heterocycles. The van der Waals surface area contributed by atoms with Crippen LogP contribution in [0.2, 0.25) is 0 Å². The third-order valence-electron chi connectivity index (χ3n) is 4.20. The Morgan fingerprint density at radius 1 is 1.00 bits per heavy atom. The molecule has 0 fully saturated rings. The summed E-state index contributed by atoms with van der Waals surface area (Å²) < 4.78 is 27.1. The molecule has 0 saturated carbocycles. The Morgan fingerprint density at radius 3 is 2.35 bits per heavy atom. The first-order valence-corrected chi connectivity index (χ1v) is 8.87. The van der Waals surface area contributed by atoms with Crippen LogP contribution in [-0.4, -0.2) is 12.4 Å². The SMILES string of the molecule is C=CC(C)(C)c1cccc2c1ccn2S(=O)(=O)c1ccccc1. The number of hydrogen-bond donors (Lipinski definition) is 0. The lowest BCUT2D eigenvalue weighted by atomic mass is 9.83. The summed E-state index contributed by atoms with van der Waals surface area (Å²) in [7, 11) is -3.60.